The summed E-state index contributed by atoms with van der Waals surface area (Å²) in [5, 5.41) is 0.514. The predicted octanol–water partition coefficient (Wildman–Crippen LogP) is 5.56. The summed E-state index contributed by atoms with van der Waals surface area (Å²) >= 11 is 6.22. The molecule has 5 rings (SSSR count). The van der Waals surface area contributed by atoms with Crippen LogP contribution >= 0.6 is 11.6 Å². The molecule has 0 aliphatic carbocycles. The third-order valence-corrected chi connectivity index (χ3v) is 5.89. The average molecular weight is 423 g/mol. The van der Waals surface area contributed by atoms with Gasteiger partial charge in [-0.2, -0.15) is 0 Å². The van der Waals surface area contributed by atoms with Gasteiger partial charge in [0.15, 0.2) is 11.5 Å². The van der Waals surface area contributed by atoms with Crippen LogP contribution in [0.5, 0.6) is 5.75 Å². The smallest absolute Gasteiger partial charge is 0.335 e. The highest BCUT2D eigenvalue weighted by atomic mass is 35.5. The van der Waals surface area contributed by atoms with Gasteiger partial charge in [0.05, 0.1) is 12.3 Å². The van der Waals surface area contributed by atoms with Gasteiger partial charge in [0.1, 0.15) is 5.75 Å². The maximum Gasteiger partial charge on any atom is 0.335 e. The molecule has 3 aromatic rings. The summed E-state index contributed by atoms with van der Waals surface area (Å²) in [6.07, 6.45) is 1.81. The molecular weight excluding hydrogens is 404 g/mol. The van der Waals surface area contributed by atoms with Crippen LogP contribution in [-0.2, 0) is 0 Å². The van der Waals surface area contributed by atoms with Gasteiger partial charge in [-0.3, -0.25) is 9.69 Å². The molecule has 6 nitrogen and oxygen atoms in total. The monoisotopic (exact) mass is 422 g/mol. The molecule has 1 aromatic heterocycles. The van der Waals surface area contributed by atoms with Gasteiger partial charge in [0.2, 0.25) is 0 Å². The van der Waals surface area contributed by atoms with Crippen molar-refractivity contribution in [3.05, 3.63) is 82.8 Å². The lowest BCUT2D eigenvalue weighted by atomic mass is 9.88. The normalized spacial score (nSPS) is 22.5. The van der Waals surface area contributed by atoms with Crippen molar-refractivity contribution in [1.29, 1.82) is 0 Å². The van der Waals surface area contributed by atoms with Crippen LogP contribution < -0.4 is 9.64 Å². The summed E-state index contributed by atoms with van der Waals surface area (Å²) in [5.74, 6) is 0.202. The second-order valence-electron chi connectivity index (χ2n) is 7.79. The molecule has 0 unspecified atom stereocenters. The Bertz CT molecular complexity index is 1140. The minimum atomic E-state index is -0.961. The Hall–Kier alpha value is -3.25. The lowest BCUT2D eigenvalue weighted by molar-refractivity contribution is 0.00174. The number of urea groups is 1. The van der Waals surface area contributed by atoms with Gasteiger partial charge in [-0.25, -0.2) is 9.69 Å². The number of ether oxygens (including phenoxy) is 1. The summed E-state index contributed by atoms with van der Waals surface area (Å²) in [4.78, 5) is 29.8. The van der Waals surface area contributed by atoms with Crippen molar-refractivity contribution in [3.63, 3.8) is 0 Å². The largest absolute Gasteiger partial charge is 0.467 e. The number of furan rings is 1. The Kier molecular flexibility index (Phi) is 4.15. The topological polar surface area (TPSA) is 63.0 Å². The summed E-state index contributed by atoms with van der Waals surface area (Å²) in [6, 6.07) is 15.0. The highest BCUT2D eigenvalue weighted by Crippen LogP contribution is 2.50. The minimum Gasteiger partial charge on any atom is -0.467 e. The van der Waals surface area contributed by atoms with Gasteiger partial charge in [-0.05, 0) is 56.3 Å². The van der Waals surface area contributed by atoms with Crippen molar-refractivity contribution < 1.29 is 18.7 Å². The van der Waals surface area contributed by atoms with Crippen molar-refractivity contribution in [2.75, 3.05) is 4.90 Å². The van der Waals surface area contributed by atoms with E-state index in [2.05, 4.69) is 0 Å². The van der Waals surface area contributed by atoms with E-state index in [9.17, 15) is 9.59 Å². The Labute approximate surface area is 178 Å². The van der Waals surface area contributed by atoms with Crippen molar-refractivity contribution in [3.8, 4) is 5.75 Å². The fraction of sp³-hybridized carbons (Fsp3) is 0.217. The quantitative estimate of drug-likeness (QED) is 0.542. The van der Waals surface area contributed by atoms with E-state index in [4.69, 9.17) is 20.8 Å². The van der Waals surface area contributed by atoms with Gasteiger partial charge in [0, 0.05) is 22.7 Å². The standard InChI is InChI=1S/C23H19ClN2O4/c1-14-5-8-16(9-6-14)26-22(28)25(21(27)20-4-3-11-29-20)18-13-23(26,2)30-19-10-7-15(24)12-17(18)19/h3-12,18H,13H2,1-2H3/t18-,23+/m0/s1. The molecule has 1 fully saturated rings. The number of hydrogen-bond acceptors (Lipinski definition) is 4. The van der Waals surface area contributed by atoms with E-state index < -0.39 is 23.7 Å². The number of aryl methyl sites for hydroxylation is 1. The van der Waals surface area contributed by atoms with Crippen molar-refractivity contribution in [2.45, 2.75) is 32.0 Å². The van der Waals surface area contributed by atoms with E-state index in [0.29, 0.717) is 28.4 Å². The number of hydrogen-bond donors (Lipinski definition) is 0. The van der Waals surface area contributed by atoms with E-state index in [1.165, 1.54) is 11.2 Å². The Morgan fingerprint density at radius 1 is 1.17 bits per heavy atom. The number of halogens is 1. The third-order valence-electron chi connectivity index (χ3n) is 5.66. The van der Waals surface area contributed by atoms with Crippen LogP contribution in [0.1, 0.15) is 41.1 Å². The molecule has 30 heavy (non-hydrogen) atoms. The molecule has 0 N–H and O–H groups in total. The molecule has 3 amide bonds. The maximum absolute atomic E-state index is 13.7. The summed E-state index contributed by atoms with van der Waals surface area (Å²) < 4.78 is 11.6. The summed E-state index contributed by atoms with van der Waals surface area (Å²) in [5.41, 5.74) is 1.47. The molecule has 2 bridgehead atoms. The lowest BCUT2D eigenvalue weighted by Crippen LogP contribution is -2.67. The van der Waals surface area contributed by atoms with E-state index >= 15 is 0 Å². The van der Waals surface area contributed by atoms with Crippen LogP contribution in [0.25, 0.3) is 0 Å². The fourth-order valence-corrected chi connectivity index (χ4v) is 4.44. The van der Waals surface area contributed by atoms with E-state index in [-0.39, 0.29) is 5.76 Å². The molecule has 0 radical (unpaired) electrons. The second-order valence-corrected chi connectivity index (χ2v) is 8.22. The molecule has 7 heteroatoms. The molecule has 3 heterocycles. The summed E-state index contributed by atoms with van der Waals surface area (Å²) in [6.45, 7) is 3.84. The van der Waals surface area contributed by atoms with Gasteiger partial charge >= 0.3 is 6.03 Å². The number of amides is 3. The predicted molar refractivity (Wildman–Crippen MR) is 112 cm³/mol. The van der Waals surface area contributed by atoms with E-state index in [1.807, 2.05) is 38.1 Å². The van der Waals surface area contributed by atoms with Crippen LogP contribution in [0.4, 0.5) is 10.5 Å². The van der Waals surface area contributed by atoms with E-state index in [1.54, 1.807) is 35.2 Å². The zero-order valence-corrected chi connectivity index (χ0v) is 17.2. The van der Waals surface area contributed by atoms with Crippen LogP contribution in [0.15, 0.2) is 65.3 Å². The minimum absolute atomic E-state index is 0.103. The molecular formula is C23H19ClN2O4. The first-order chi connectivity index (χ1) is 14.4. The number of rotatable bonds is 2. The third kappa shape index (κ3) is 2.79. The molecule has 1 saturated heterocycles. The second kappa shape index (κ2) is 6.64. The molecule has 0 spiro atoms. The van der Waals surface area contributed by atoms with Crippen LogP contribution in [0.2, 0.25) is 5.02 Å². The number of anilines is 1. The Morgan fingerprint density at radius 3 is 2.63 bits per heavy atom. The first kappa shape index (κ1) is 18.8. The Morgan fingerprint density at radius 2 is 1.93 bits per heavy atom. The molecule has 2 aliphatic rings. The van der Waals surface area contributed by atoms with Crippen molar-refractivity contribution >= 4 is 29.2 Å². The maximum atomic E-state index is 13.7. The van der Waals surface area contributed by atoms with Gasteiger partial charge < -0.3 is 9.15 Å². The molecule has 152 valence electrons. The van der Waals surface area contributed by atoms with Crippen LogP contribution in [0.3, 0.4) is 0 Å². The highest BCUT2D eigenvalue weighted by Gasteiger charge is 2.55. The molecule has 2 aromatic carbocycles. The zero-order chi connectivity index (χ0) is 21.0. The first-order valence-corrected chi connectivity index (χ1v) is 10.0. The zero-order valence-electron chi connectivity index (χ0n) is 16.5. The number of carbonyl (C=O) groups excluding carboxylic acids is 2. The number of fused-ring (bicyclic) bond motifs is 4. The lowest BCUT2D eigenvalue weighted by Gasteiger charge is -2.53. The highest BCUT2D eigenvalue weighted by molar-refractivity contribution is 6.30. The molecule has 2 aliphatic heterocycles. The number of nitrogens with zero attached hydrogens (tertiary/aromatic N) is 2. The SMILES string of the molecule is Cc1ccc(N2C(=O)N(C(=O)c3ccco3)[C@H]3C[C@@]2(C)Oc2ccc(Cl)cc23)cc1. The van der Waals surface area contributed by atoms with E-state index in [0.717, 1.165) is 5.56 Å². The van der Waals surface area contributed by atoms with Crippen LogP contribution in [0, 0.1) is 6.92 Å². The van der Waals surface area contributed by atoms with Gasteiger partial charge in [-0.1, -0.05) is 29.3 Å². The number of imide groups is 1. The molecule has 2 atom stereocenters. The van der Waals surface area contributed by atoms with Crippen molar-refractivity contribution in [2.24, 2.45) is 0 Å². The average Bonchev–Trinajstić information content (AvgIpc) is 3.24. The molecule has 0 saturated carbocycles. The summed E-state index contributed by atoms with van der Waals surface area (Å²) in [7, 11) is 0. The number of carbonyl (C=O) groups is 2. The number of benzene rings is 2. The van der Waals surface area contributed by atoms with Gasteiger partial charge in [0.25, 0.3) is 5.91 Å². The van der Waals surface area contributed by atoms with Crippen molar-refractivity contribution in [1.82, 2.24) is 4.90 Å². The van der Waals surface area contributed by atoms with Gasteiger partial charge in [-0.15, -0.1) is 0 Å². The van der Waals surface area contributed by atoms with Crippen LogP contribution in [-0.4, -0.2) is 22.6 Å². The Balaban J connectivity index is 1.69. The first-order valence-electron chi connectivity index (χ1n) is 9.64. The fourth-order valence-electron chi connectivity index (χ4n) is 4.26.